The van der Waals surface area contributed by atoms with Crippen molar-refractivity contribution in [3.05, 3.63) is 28.8 Å². The van der Waals surface area contributed by atoms with Gasteiger partial charge in [0.25, 0.3) is 0 Å². The van der Waals surface area contributed by atoms with Crippen LogP contribution in [0.2, 0.25) is 0 Å². The maximum absolute atomic E-state index is 16.9. The lowest BCUT2D eigenvalue weighted by Crippen LogP contribution is -2.47. The van der Waals surface area contributed by atoms with Crippen molar-refractivity contribution in [2.45, 2.75) is 108 Å². The molecule has 7 rings (SSSR count). The first kappa shape index (κ1) is 37.9. The minimum absolute atomic E-state index is 0.0392. The first-order chi connectivity index (χ1) is 25.4. The van der Waals surface area contributed by atoms with E-state index in [0.29, 0.717) is 31.9 Å². The number of carbonyl (C=O) groups is 1. The molecule has 2 aromatic heterocycles. The number of halogens is 7. The average Bonchev–Trinajstić information content (AvgIpc) is 3.75. The SMILES string of the molecule is Cc1c(F)c(N)cc(-c2nc3c4c(nc(OC[C@@]56CCCN5C[C@H](F)C6)nc4c2F)NC[C@H]2CC[C@@H](CC(CF)O3)N2C(=O)OC(C)(C)C)c1C(F)(F)F. The number of nitrogens with zero attached hydrogens (tertiary/aromatic N) is 5. The summed E-state index contributed by atoms with van der Waals surface area (Å²) < 4.78 is 123. The van der Waals surface area contributed by atoms with Crippen LogP contribution in [-0.2, 0) is 10.9 Å². The predicted octanol–water partition coefficient (Wildman–Crippen LogP) is 7.14. The van der Waals surface area contributed by atoms with Crippen LogP contribution in [0.15, 0.2) is 6.07 Å². The molecule has 0 spiro atoms. The Hall–Kier alpha value is -4.35. The molecule has 3 N–H and O–H groups in total. The molecule has 0 radical (unpaired) electrons. The molecule has 3 aromatic rings. The lowest BCUT2D eigenvalue weighted by molar-refractivity contribution is -0.137. The van der Waals surface area contributed by atoms with Crippen molar-refractivity contribution in [3.8, 4) is 23.1 Å². The first-order valence-electron chi connectivity index (χ1n) is 18.0. The van der Waals surface area contributed by atoms with Crippen molar-refractivity contribution in [2.24, 2.45) is 0 Å². The van der Waals surface area contributed by atoms with Crippen molar-refractivity contribution in [3.63, 3.8) is 0 Å². The molecule has 4 aliphatic rings. The summed E-state index contributed by atoms with van der Waals surface area (Å²) in [5.74, 6) is -3.32. The molecule has 0 saturated carbocycles. The highest BCUT2D eigenvalue weighted by Gasteiger charge is 2.50. The standard InChI is InChI=1S/C36H42F7N7O4/c1-17-25(36(41,42)43)22(11-23(44)26(17)39)28-27(40)29-24-30(48-32(47-29)52-16-35-8-5-9-49(35)15-18(38)12-35)45-14-20-7-6-19(10-21(13-37)53-31(24)46-28)50(20)33(51)54-34(2,3)4/h11,18-21H,5-10,12-16,44H2,1-4H3,(H,45,47,48)/t18-,19+,20-,21?,35+/m1/s1. The van der Waals surface area contributed by atoms with Crippen molar-refractivity contribution in [1.82, 2.24) is 24.8 Å². The van der Waals surface area contributed by atoms with E-state index in [-0.39, 0.29) is 49.8 Å². The van der Waals surface area contributed by atoms with E-state index in [1.807, 2.05) is 4.90 Å². The number of nitrogens with one attached hydrogen (secondary N) is 1. The van der Waals surface area contributed by atoms with E-state index in [4.69, 9.17) is 19.9 Å². The highest BCUT2D eigenvalue weighted by Crippen LogP contribution is 2.46. The van der Waals surface area contributed by atoms with Gasteiger partial charge in [0.2, 0.25) is 5.88 Å². The summed E-state index contributed by atoms with van der Waals surface area (Å²) in [7, 11) is 0. The molecule has 1 unspecified atom stereocenters. The lowest BCUT2D eigenvalue weighted by atomic mass is 9.95. The fourth-order valence-corrected chi connectivity index (χ4v) is 8.42. The van der Waals surface area contributed by atoms with Gasteiger partial charge in [0.1, 0.15) is 59.4 Å². The van der Waals surface area contributed by atoms with Gasteiger partial charge in [0.05, 0.1) is 22.8 Å². The van der Waals surface area contributed by atoms with Gasteiger partial charge in [-0.15, -0.1) is 0 Å². The molecular weight excluding hydrogens is 727 g/mol. The Morgan fingerprint density at radius 1 is 1.13 bits per heavy atom. The maximum Gasteiger partial charge on any atom is 0.417 e. The topological polar surface area (TPSA) is 128 Å². The van der Waals surface area contributed by atoms with Crippen LogP contribution in [0.4, 0.5) is 47.0 Å². The third kappa shape index (κ3) is 6.89. The van der Waals surface area contributed by atoms with Gasteiger partial charge in [0, 0.05) is 37.5 Å². The summed E-state index contributed by atoms with van der Waals surface area (Å²) in [5, 5.41) is 2.89. The first-order valence-corrected chi connectivity index (χ1v) is 18.0. The molecule has 2 bridgehead atoms. The van der Waals surface area contributed by atoms with Crippen LogP contribution in [-0.4, -0.2) is 99.3 Å². The largest absolute Gasteiger partial charge is 0.471 e. The van der Waals surface area contributed by atoms with Crippen molar-refractivity contribution < 1.29 is 49.7 Å². The summed E-state index contributed by atoms with van der Waals surface area (Å²) in [6.07, 6.45) is -5.71. The fourth-order valence-electron chi connectivity index (χ4n) is 8.42. The van der Waals surface area contributed by atoms with Crippen LogP contribution >= 0.6 is 0 Å². The van der Waals surface area contributed by atoms with E-state index in [1.54, 1.807) is 20.8 Å². The van der Waals surface area contributed by atoms with Crippen molar-refractivity contribution in [1.29, 1.82) is 0 Å². The van der Waals surface area contributed by atoms with E-state index in [1.165, 1.54) is 4.90 Å². The summed E-state index contributed by atoms with van der Waals surface area (Å²) in [6, 6.07) is -0.816. The molecule has 1 aromatic carbocycles. The number of hydrogen-bond donors (Lipinski definition) is 2. The second-order valence-electron chi connectivity index (χ2n) is 15.6. The van der Waals surface area contributed by atoms with Gasteiger partial charge in [-0.25, -0.2) is 27.3 Å². The summed E-state index contributed by atoms with van der Waals surface area (Å²) >= 11 is 0. The molecular formula is C36H42F7N7O4. The molecule has 3 fully saturated rings. The predicted molar refractivity (Wildman–Crippen MR) is 184 cm³/mol. The van der Waals surface area contributed by atoms with Crippen molar-refractivity contribution in [2.75, 3.05) is 44.0 Å². The zero-order chi connectivity index (χ0) is 38.9. The molecule has 11 nitrogen and oxygen atoms in total. The van der Waals surface area contributed by atoms with Gasteiger partial charge in [-0.1, -0.05) is 0 Å². The molecule has 18 heteroatoms. The quantitative estimate of drug-likeness (QED) is 0.204. The second-order valence-corrected chi connectivity index (χ2v) is 15.6. The normalized spacial score (nSPS) is 25.9. The van der Waals surface area contributed by atoms with E-state index >= 15 is 4.39 Å². The smallest absolute Gasteiger partial charge is 0.417 e. The van der Waals surface area contributed by atoms with Crippen LogP contribution in [0, 0.1) is 18.6 Å². The van der Waals surface area contributed by atoms with Crippen molar-refractivity contribution >= 4 is 28.5 Å². The Balaban J connectivity index is 1.40. The molecule has 6 heterocycles. The molecule has 5 atom stereocenters. The number of nitrogen functional groups attached to an aromatic ring is 1. The molecule has 294 valence electrons. The van der Waals surface area contributed by atoms with Gasteiger partial charge < -0.3 is 30.2 Å². The average molecular weight is 770 g/mol. The second kappa shape index (κ2) is 13.7. The number of carbonyl (C=O) groups excluding carboxylic acids is 1. The Bertz CT molecular complexity index is 1960. The number of nitrogens with two attached hydrogens (primary N) is 1. The third-order valence-electron chi connectivity index (χ3n) is 10.7. The Morgan fingerprint density at radius 3 is 2.57 bits per heavy atom. The van der Waals surface area contributed by atoms with E-state index in [2.05, 4.69) is 20.3 Å². The number of rotatable bonds is 5. The highest BCUT2D eigenvalue weighted by atomic mass is 19.4. The monoisotopic (exact) mass is 769 g/mol. The van der Waals surface area contributed by atoms with E-state index < -0.39 is 106 Å². The Labute approximate surface area is 306 Å². The number of aromatic nitrogens is 3. The Morgan fingerprint density at radius 2 is 1.87 bits per heavy atom. The lowest BCUT2D eigenvalue weighted by Gasteiger charge is -2.33. The number of ether oxygens (including phenoxy) is 3. The number of benzene rings is 1. The molecule has 1 amide bonds. The molecule has 54 heavy (non-hydrogen) atoms. The number of amides is 1. The number of anilines is 2. The van der Waals surface area contributed by atoms with Crippen LogP contribution < -0.4 is 20.5 Å². The zero-order valence-electron chi connectivity index (χ0n) is 30.3. The van der Waals surface area contributed by atoms with Crippen LogP contribution in [0.25, 0.3) is 22.2 Å². The number of pyridine rings is 1. The van der Waals surface area contributed by atoms with Gasteiger partial charge in [-0.05, 0) is 71.6 Å². The summed E-state index contributed by atoms with van der Waals surface area (Å²) in [6.45, 7) is 5.75. The fraction of sp³-hybridized carbons (Fsp3) is 0.611. The third-order valence-corrected chi connectivity index (χ3v) is 10.7. The highest BCUT2D eigenvalue weighted by molar-refractivity contribution is 5.97. The number of fused-ring (bicyclic) bond motifs is 3. The summed E-state index contributed by atoms with van der Waals surface area (Å²) in [5.41, 5.74) is -1.26. The zero-order valence-corrected chi connectivity index (χ0v) is 30.3. The van der Waals surface area contributed by atoms with E-state index in [0.717, 1.165) is 13.3 Å². The molecule has 3 saturated heterocycles. The summed E-state index contributed by atoms with van der Waals surface area (Å²) in [4.78, 5) is 30.0. The van der Waals surface area contributed by atoms with Crippen LogP contribution in [0.3, 0.4) is 0 Å². The van der Waals surface area contributed by atoms with Crippen LogP contribution in [0.1, 0.15) is 70.4 Å². The number of hydrogen-bond acceptors (Lipinski definition) is 10. The van der Waals surface area contributed by atoms with Gasteiger partial charge in [0.15, 0.2) is 5.82 Å². The maximum atomic E-state index is 16.9. The number of alkyl halides is 5. The van der Waals surface area contributed by atoms with Gasteiger partial charge >= 0.3 is 18.3 Å². The Kier molecular flexibility index (Phi) is 9.66. The molecule has 0 aliphatic carbocycles. The molecule has 4 aliphatic heterocycles. The van der Waals surface area contributed by atoms with Gasteiger partial charge in [-0.2, -0.15) is 23.1 Å². The van der Waals surface area contributed by atoms with Crippen LogP contribution in [0.5, 0.6) is 11.9 Å². The van der Waals surface area contributed by atoms with E-state index in [9.17, 15) is 31.1 Å². The van der Waals surface area contributed by atoms with Gasteiger partial charge in [-0.3, -0.25) is 4.90 Å². The minimum Gasteiger partial charge on any atom is -0.471 e. The minimum atomic E-state index is -5.18.